The molecule has 0 atom stereocenters. The Morgan fingerprint density at radius 1 is 1.03 bits per heavy atom. The first-order valence-corrected chi connectivity index (χ1v) is 12.6. The molecule has 0 saturated carbocycles. The fourth-order valence-corrected chi connectivity index (χ4v) is 4.97. The molecule has 1 fully saturated rings. The molecule has 0 aliphatic carbocycles. The highest BCUT2D eigenvalue weighted by Gasteiger charge is 2.36. The van der Waals surface area contributed by atoms with Crippen LogP contribution in [0.1, 0.15) is 27.8 Å². The molecule has 36 heavy (non-hydrogen) atoms. The van der Waals surface area contributed by atoms with E-state index in [1.165, 1.54) is 6.08 Å². The topological polar surface area (TPSA) is 86.7 Å². The average molecular weight is 541 g/mol. The molecule has 0 aromatic heterocycles. The molecule has 1 aliphatic rings. The van der Waals surface area contributed by atoms with Crippen molar-refractivity contribution in [1.82, 2.24) is 4.90 Å². The van der Waals surface area contributed by atoms with Gasteiger partial charge in [-0.05, 0) is 90.7 Å². The number of amides is 3. The van der Waals surface area contributed by atoms with Gasteiger partial charge in [0.05, 0.1) is 9.93 Å². The lowest BCUT2D eigenvalue weighted by molar-refractivity contribution is -0.127. The standard InChI is InChI=1S/C27H22Cl2N2O4S/c1-15-7-8-20(9-16(15)2)30-24(32)14-31-26(34)23(36-27(31)35)13-19-11-17(12-22(29)25(19)33)10-18-5-3-4-6-21(18)28/h3-9,11-13,33H,10,14H2,1-2H3,(H,30,32)/b23-13-. The van der Waals surface area contributed by atoms with Crippen LogP contribution in [0.5, 0.6) is 5.75 Å². The minimum absolute atomic E-state index is 0.0836. The number of halogens is 2. The maximum Gasteiger partial charge on any atom is 0.294 e. The summed E-state index contributed by atoms with van der Waals surface area (Å²) >= 11 is 13.2. The molecule has 1 heterocycles. The number of thioether (sulfide) groups is 1. The number of nitrogens with one attached hydrogen (secondary N) is 1. The Balaban J connectivity index is 1.52. The van der Waals surface area contributed by atoms with E-state index in [4.69, 9.17) is 23.2 Å². The predicted molar refractivity (Wildman–Crippen MR) is 145 cm³/mol. The van der Waals surface area contributed by atoms with Crippen molar-refractivity contribution in [3.8, 4) is 5.75 Å². The largest absolute Gasteiger partial charge is 0.506 e. The van der Waals surface area contributed by atoms with Crippen molar-refractivity contribution in [2.45, 2.75) is 20.3 Å². The van der Waals surface area contributed by atoms with E-state index in [2.05, 4.69) is 5.32 Å². The Hall–Kier alpha value is -3.26. The quantitative estimate of drug-likeness (QED) is 0.344. The van der Waals surface area contributed by atoms with Crippen molar-refractivity contribution in [3.05, 3.63) is 97.4 Å². The van der Waals surface area contributed by atoms with Gasteiger partial charge in [-0.2, -0.15) is 0 Å². The number of hydrogen-bond acceptors (Lipinski definition) is 5. The summed E-state index contributed by atoms with van der Waals surface area (Å²) in [5.74, 6) is -1.32. The normalized spacial score (nSPS) is 14.6. The molecule has 3 aromatic rings. The second-order valence-corrected chi connectivity index (χ2v) is 10.2. The zero-order valence-electron chi connectivity index (χ0n) is 19.5. The maximum absolute atomic E-state index is 12.9. The molecule has 0 radical (unpaired) electrons. The van der Waals surface area contributed by atoms with E-state index in [1.807, 2.05) is 44.2 Å². The number of phenols is 1. The van der Waals surface area contributed by atoms with E-state index in [9.17, 15) is 19.5 Å². The number of aryl methyl sites for hydroxylation is 2. The first-order valence-electron chi connectivity index (χ1n) is 11.0. The Morgan fingerprint density at radius 2 is 1.78 bits per heavy atom. The fourth-order valence-electron chi connectivity index (χ4n) is 3.69. The molecule has 3 amide bonds. The van der Waals surface area contributed by atoms with Crippen molar-refractivity contribution in [2.75, 3.05) is 11.9 Å². The minimum atomic E-state index is -0.618. The van der Waals surface area contributed by atoms with Crippen molar-refractivity contribution >= 4 is 63.8 Å². The summed E-state index contributed by atoms with van der Waals surface area (Å²) in [5.41, 5.74) is 4.61. The fraction of sp³-hybridized carbons (Fsp3) is 0.148. The van der Waals surface area contributed by atoms with Crippen LogP contribution in [0.25, 0.3) is 6.08 Å². The number of anilines is 1. The molecule has 184 valence electrons. The van der Waals surface area contributed by atoms with Gasteiger partial charge in [0, 0.05) is 16.3 Å². The van der Waals surface area contributed by atoms with Gasteiger partial charge in [-0.3, -0.25) is 19.3 Å². The molecular formula is C27H22Cl2N2O4S. The number of benzene rings is 3. The Kier molecular flexibility index (Phi) is 7.73. The van der Waals surface area contributed by atoms with E-state index in [1.54, 1.807) is 24.3 Å². The third-order valence-corrected chi connectivity index (χ3v) is 7.32. The van der Waals surface area contributed by atoms with Crippen LogP contribution in [0.4, 0.5) is 10.5 Å². The Morgan fingerprint density at radius 3 is 2.50 bits per heavy atom. The number of phenolic OH excluding ortho intramolecular Hbond substituents is 1. The number of carbonyl (C=O) groups excluding carboxylic acids is 3. The average Bonchev–Trinajstić information content (AvgIpc) is 3.08. The first-order chi connectivity index (χ1) is 17.1. The second kappa shape index (κ2) is 10.8. The van der Waals surface area contributed by atoms with Crippen molar-refractivity contribution < 1.29 is 19.5 Å². The molecule has 2 N–H and O–H groups in total. The highest BCUT2D eigenvalue weighted by molar-refractivity contribution is 8.18. The van der Waals surface area contributed by atoms with Gasteiger partial charge in [-0.25, -0.2) is 0 Å². The zero-order chi connectivity index (χ0) is 26.0. The number of aromatic hydroxyl groups is 1. The van der Waals surface area contributed by atoms with Gasteiger partial charge in [0.1, 0.15) is 12.3 Å². The third kappa shape index (κ3) is 5.75. The summed E-state index contributed by atoms with van der Waals surface area (Å²) in [7, 11) is 0. The lowest BCUT2D eigenvalue weighted by Gasteiger charge is -2.13. The molecule has 0 unspecified atom stereocenters. The van der Waals surface area contributed by atoms with Crippen LogP contribution in [0.15, 0.2) is 59.5 Å². The van der Waals surface area contributed by atoms with Gasteiger partial charge >= 0.3 is 0 Å². The summed E-state index contributed by atoms with van der Waals surface area (Å²) in [5, 5.41) is 13.3. The minimum Gasteiger partial charge on any atom is -0.506 e. The lowest BCUT2D eigenvalue weighted by atomic mass is 10.0. The van der Waals surface area contributed by atoms with Crippen LogP contribution in [0.3, 0.4) is 0 Å². The van der Waals surface area contributed by atoms with Crippen LogP contribution < -0.4 is 5.32 Å². The van der Waals surface area contributed by atoms with Gasteiger partial charge in [0.15, 0.2) is 0 Å². The van der Waals surface area contributed by atoms with Gasteiger partial charge < -0.3 is 10.4 Å². The Labute approximate surface area is 222 Å². The van der Waals surface area contributed by atoms with Crippen LogP contribution in [-0.4, -0.2) is 33.6 Å². The summed E-state index contributed by atoms with van der Waals surface area (Å²) in [6.45, 7) is 3.47. The predicted octanol–water partition coefficient (Wildman–Crippen LogP) is 6.58. The SMILES string of the molecule is Cc1ccc(NC(=O)CN2C(=O)S/C(=C\c3cc(Cc4ccccc4Cl)cc(Cl)c3O)C2=O)cc1C. The highest BCUT2D eigenvalue weighted by Crippen LogP contribution is 2.37. The first kappa shape index (κ1) is 25.8. The van der Waals surface area contributed by atoms with Crippen molar-refractivity contribution in [3.63, 3.8) is 0 Å². The second-order valence-electron chi connectivity index (χ2n) is 8.40. The van der Waals surface area contributed by atoms with Crippen LogP contribution in [0.2, 0.25) is 10.0 Å². The summed E-state index contributed by atoms with van der Waals surface area (Å²) in [6, 6.07) is 16.1. The van der Waals surface area contributed by atoms with Crippen LogP contribution >= 0.6 is 35.0 Å². The third-order valence-electron chi connectivity index (χ3n) is 5.76. The van der Waals surface area contributed by atoms with Gasteiger partial charge in [0.2, 0.25) is 5.91 Å². The molecule has 6 nitrogen and oxygen atoms in total. The van der Waals surface area contributed by atoms with E-state index < -0.39 is 23.6 Å². The molecule has 3 aromatic carbocycles. The van der Waals surface area contributed by atoms with Crippen molar-refractivity contribution in [1.29, 1.82) is 0 Å². The number of hydrogen-bond donors (Lipinski definition) is 2. The van der Waals surface area contributed by atoms with E-state index in [0.29, 0.717) is 28.9 Å². The Bertz CT molecular complexity index is 1420. The van der Waals surface area contributed by atoms with Crippen LogP contribution in [-0.2, 0) is 16.0 Å². The van der Waals surface area contributed by atoms with E-state index >= 15 is 0 Å². The summed E-state index contributed by atoms with van der Waals surface area (Å²) in [4.78, 5) is 38.9. The lowest BCUT2D eigenvalue weighted by Crippen LogP contribution is -2.36. The summed E-state index contributed by atoms with van der Waals surface area (Å²) in [6.07, 6.45) is 1.87. The van der Waals surface area contributed by atoms with Gasteiger partial charge in [-0.1, -0.05) is 47.5 Å². The highest BCUT2D eigenvalue weighted by atomic mass is 35.5. The summed E-state index contributed by atoms with van der Waals surface area (Å²) < 4.78 is 0. The zero-order valence-corrected chi connectivity index (χ0v) is 21.8. The van der Waals surface area contributed by atoms with E-state index in [-0.39, 0.29) is 21.2 Å². The smallest absolute Gasteiger partial charge is 0.294 e. The maximum atomic E-state index is 12.9. The molecule has 4 rings (SSSR count). The van der Waals surface area contributed by atoms with Crippen LogP contribution in [0, 0.1) is 13.8 Å². The molecule has 1 saturated heterocycles. The number of imide groups is 1. The monoisotopic (exact) mass is 540 g/mol. The number of nitrogens with zero attached hydrogens (tertiary/aromatic N) is 1. The molecule has 1 aliphatic heterocycles. The number of rotatable bonds is 6. The molecule has 0 spiro atoms. The molecule has 9 heteroatoms. The van der Waals surface area contributed by atoms with Gasteiger partial charge in [0.25, 0.3) is 11.1 Å². The van der Waals surface area contributed by atoms with Gasteiger partial charge in [-0.15, -0.1) is 0 Å². The number of carbonyl (C=O) groups is 3. The van der Waals surface area contributed by atoms with Crippen molar-refractivity contribution in [2.24, 2.45) is 0 Å². The molecule has 0 bridgehead atoms. The molecular weight excluding hydrogens is 519 g/mol. The van der Waals surface area contributed by atoms with E-state index in [0.717, 1.165) is 27.2 Å².